The number of fused-ring (bicyclic) bond motifs is 2. The van der Waals surface area contributed by atoms with Gasteiger partial charge in [0.15, 0.2) is 11.2 Å². The zero-order valence-corrected chi connectivity index (χ0v) is 43.7. The third-order valence-electron chi connectivity index (χ3n) is 14.5. The van der Waals surface area contributed by atoms with E-state index in [0.29, 0.717) is 147 Å². The molecule has 406 valence electrons. The van der Waals surface area contributed by atoms with Gasteiger partial charge in [-0.25, -0.2) is 19.9 Å². The number of nitrogens with zero attached hydrogens (tertiary/aromatic N) is 16. The zero-order valence-electron chi connectivity index (χ0n) is 43.7. The van der Waals surface area contributed by atoms with E-state index in [1.807, 2.05) is 60.6 Å². The average molecular weight is 1060 g/mol. The topological polar surface area (TPSA) is 256 Å². The molecular formula is C53H62N18O7. The molecule has 25 heteroatoms. The Hall–Kier alpha value is -8.10. The van der Waals surface area contributed by atoms with Crippen molar-refractivity contribution in [2.24, 2.45) is 14.1 Å². The molecule has 25 nitrogen and oxygen atoms in total. The maximum atomic E-state index is 13.7. The first-order chi connectivity index (χ1) is 38.2. The van der Waals surface area contributed by atoms with Crippen LogP contribution >= 0.6 is 0 Å². The standard InChI is InChI=1S/C27H31N9O3.C26H31N9O4/c1-33-17-18(16-28-33)21-3-2-4-23(29-21)30-26(37)20-15-22-24(32-27(39-22)36-11-13-38-14-12-36)31-25(20)35-9-7-34(8-10-35)19-5-6-19;1-32-17-18(16-27-32)20-3-2-4-22(28-20)29-25(37)19-15-21-23(31-26(39-21)35-10-13-38-14-11-35)30-24(19)34-7-5-33(6-8-34)9-12-36/h2-4,15-17,19H,5-14H2,1H3,(H,29,30,37);2-4,15-17,36H,5-14H2,1H3,(H,28,29,37). The van der Waals surface area contributed by atoms with Crippen LogP contribution in [0.25, 0.3) is 45.0 Å². The highest BCUT2D eigenvalue weighted by atomic mass is 16.5. The normalized spacial score (nSPS) is 17.6. The number of pyridine rings is 4. The van der Waals surface area contributed by atoms with Crippen molar-refractivity contribution < 1.29 is 33.0 Å². The number of hydrogen-bond acceptors (Lipinski definition) is 21. The number of aliphatic hydroxyl groups excluding tert-OH is 1. The minimum Gasteiger partial charge on any atom is -0.422 e. The van der Waals surface area contributed by atoms with E-state index < -0.39 is 0 Å². The molecule has 0 unspecified atom stereocenters. The number of rotatable bonds is 13. The van der Waals surface area contributed by atoms with Crippen LogP contribution in [-0.4, -0.2) is 200 Å². The van der Waals surface area contributed by atoms with Gasteiger partial charge in [-0.05, 0) is 37.1 Å². The molecule has 5 fully saturated rings. The summed E-state index contributed by atoms with van der Waals surface area (Å²) < 4.78 is 26.5. The van der Waals surface area contributed by atoms with Crippen LogP contribution in [0.15, 0.2) is 82.2 Å². The largest absolute Gasteiger partial charge is 0.422 e. The number of nitrogens with one attached hydrogen (secondary N) is 2. The van der Waals surface area contributed by atoms with E-state index in [4.69, 9.17) is 28.3 Å². The first-order valence-electron chi connectivity index (χ1n) is 26.6. The van der Waals surface area contributed by atoms with E-state index in [2.05, 4.69) is 60.4 Å². The molecule has 0 spiro atoms. The molecule has 0 bridgehead atoms. The van der Waals surface area contributed by atoms with E-state index in [1.54, 1.807) is 46.0 Å². The zero-order chi connectivity index (χ0) is 53.1. The molecular weight excluding hydrogens is 1000 g/mol. The second-order valence-electron chi connectivity index (χ2n) is 19.9. The number of carbonyl (C=O) groups excluding carboxylic acids is 2. The van der Waals surface area contributed by atoms with E-state index in [0.717, 1.165) is 62.1 Å². The summed E-state index contributed by atoms with van der Waals surface area (Å²) in [4.78, 5) is 68.8. The van der Waals surface area contributed by atoms with Gasteiger partial charge >= 0.3 is 0 Å². The predicted octanol–water partition coefficient (Wildman–Crippen LogP) is 3.61. The number of oxazole rings is 2. The Morgan fingerprint density at radius 2 is 1.04 bits per heavy atom. The van der Waals surface area contributed by atoms with Crippen LogP contribution in [0.3, 0.4) is 0 Å². The van der Waals surface area contributed by atoms with Gasteiger partial charge in [0.25, 0.3) is 23.8 Å². The van der Waals surface area contributed by atoms with Gasteiger partial charge in [-0.3, -0.25) is 28.8 Å². The number of hydrogen-bond donors (Lipinski definition) is 3. The Kier molecular flexibility index (Phi) is 14.6. The first kappa shape index (κ1) is 50.7. The molecule has 1 saturated carbocycles. The van der Waals surface area contributed by atoms with E-state index in [1.165, 1.54) is 12.8 Å². The van der Waals surface area contributed by atoms with E-state index in [9.17, 15) is 14.7 Å². The fraction of sp³-hybridized carbons (Fsp3) is 0.434. The third-order valence-corrected chi connectivity index (χ3v) is 14.5. The Morgan fingerprint density at radius 3 is 1.46 bits per heavy atom. The van der Waals surface area contributed by atoms with Crippen molar-refractivity contribution in [3.8, 4) is 22.5 Å². The summed E-state index contributed by atoms with van der Waals surface area (Å²) in [6.07, 6.45) is 9.81. The van der Waals surface area contributed by atoms with Crippen molar-refractivity contribution in [2.45, 2.75) is 18.9 Å². The number of aryl methyl sites for hydroxylation is 2. The summed E-state index contributed by atoms with van der Waals surface area (Å²) in [6, 6.07) is 16.2. The number of β-amino-alcohol motifs (C(OH)–C–C–N with tert-alkyl or cyclic N) is 1. The lowest BCUT2D eigenvalue weighted by Crippen LogP contribution is -2.48. The number of morpholine rings is 2. The highest BCUT2D eigenvalue weighted by molar-refractivity contribution is 6.09. The van der Waals surface area contributed by atoms with Crippen molar-refractivity contribution in [2.75, 3.05) is 148 Å². The smallest absolute Gasteiger partial charge is 0.300 e. The van der Waals surface area contributed by atoms with Crippen LogP contribution in [0, 0.1) is 0 Å². The Morgan fingerprint density at radius 1 is 0.577 bits per heavy atom. The summed E-state index contributed by atoms with van der Waals surface area (Å²) in [7, 11) is 3.70. The van der Waals surface area contributed by atoms with Gasteiger partial charge in [-0.15, -0.1) is 0 Å². The van der Waals surface area contributed by atoms with Crippen LogP contribution in [-0.2, 0) is 23.6 Å². The Labute approximate surface area is 448 Å². The van der Waals surface area contributed by atoms with Gasteiger partial charge in [-0.1, -0.05) is 12.1 Å². The highest BCUT2D eigenvalue weighted by Crippen LogP contribution is 2.33. The minimum atomic E-state index is -0.336. The molecule has 0 atom stereocenters. The maximum Gasteiger partial charge on any atom is 0.300 e. The summed E-state index contributed by atoms with van der Waals surface area (Å²) >= 11 is 0. The monoisotopic (exact) mass is 1060 g/mol. The predicted molar refractivity (Wildman–Crippen MR) is 291 cm³/mol. The van der Waals surface area contributed by atoms with Gasteiger partial charge in [0.2, 0.25) is 11.3 Å². The number of aliphatic hydroxyl groups is 1. The summed E-state index contributed by atoms with van der Waals surface area (Å²) in [6.45, 7) is 12.3. The number of ether oxygens (including phenoxy) is 2. The molecule has 13 rings (SSSR count). The van der Waals surface area contributed by atoms with Gasteiger partial charge in [0.05, 0.1) is 67.9 Å². The van der Waals surface area contributed by atoms with Crippen molar-refractivity contribution in [1.29, 1.82) is 0 Å². The maximum absolute atomic E-state index is 13.7. The number of aromatic nitrogens is 10. The van der Waals surface area contributed by atoms with Crippen molar-refractivity contribution in [3.05, 3.63) is 84.4 Å². The Balaban J connectivity index is 0.000000156. The lowest BCUT2D eigenvalue weighted by Gasteiger charge is -2.36. The SMILES string of the molecule is Cn1cc(-c2cccc(NC(=O)c3cc4oc(N5CCOCC5)nc4nc3N3CCN(C4CC4)CC3)n2)cn1.Cn1cc(-c2cccc(NC(=O)c3cc4oc(N5CCOCC5)nc4nc3N3CCN(CCO)CC3)n2)cn1. The number of amides is 2. The van der Waals surface area contributed by atoms with E-state index in [-0.39, 0.29) is 18.4 Å². The fourth-order valence-electron chi connectivity index (χ4n) is 10.1. The average Bonchev–Trinajstić information content (AvgIpc) is 3.86. The number of anilines is 6. The summed E-state index contributed by atoms with van der Waals surface area (Å²) in [5.74, 6) is 1.43. The molecule has 4 saturated heterocycles. The molecule has 0 aromatic carbocycles. The van der Waals surface area contributed by atoms with Crippen LogP contribution in [0.2, 0.25) is 0 Å². The molecule has 2 amide bonds. The lowest BCUT2D eigenvalue weighted by atomic mass is 10.2. The van der Waals surface area contributed by atoms with Crippen molar-refractivity contribution in [1.82, 2.24) is 59.3 Å². The molecule has 5 aliphatic rings. The highest BCUT2D eigenvalue weighted by Gasteiger charge is 2.34. The molecule has 4 aliphatic heterocycles. The van der Waals surface area contributed by atoms with Gasteiger partial charge in [0.1, 0.15) is 23.3 Å². The van der Waals surface area contributed by atoms with Crippen LogP contribution < -0.4 is 30.2 Å². The third kappa shape index (κ3) is 11.3. The fourth-order valence-corrected chi connectivity index (χ4v) is 10.1. The van der Waals surface area contributed by atoms with Crippen LogP contribution in [0.4, 0.5) is 35.3 Å². The first-order valence-corrected chi connectivity index (χ1v) is 26.6. The second kappa shape index (κ2) is 22.5. The molecule has 1 aliphatic carbocycles. The molecule has 0 radical (unpaired) electrons. The lowest BCUT2D eigenvalue weighted by molar-refractivity contribution is 0.101. The summed E-state index contributed by atoms with van der Waals surface area (Å²) in [5, 5.41) is 23.7. The van der Waals surface area contributed by atoms with Gasteiger partial charge in [0, 0.05) is 141 Å². The molecule has 3 N–H and O–H groups in total. The Bertz CT molecular complexity index is 3400. The van der Waals surface area contributed by atoms with Gasteiger partial charge in [-0.2, -0.15) is 20.2 Å². The molecule has 78 heavy (non-hydrogen) atoms. The quantitative estimate of drug-likeness (QED) is 0.149. The molecule has 8 aromatic rings. The van der Waals surface area contributed by atoms with Crippen LogP contribution in [0.5, 0.6) is 0 Å². The second-order valence-corrected chi connectivity index (χ2v) is 19.9. The van der Waals surface area contributed by atoms with Crippen molar-refractivity contribution >= 4 is 69.6 Å². The molecule has 8 aromatic heterocycles. The molecule has 12 heterocycles. The minimum absolute atomic E-state index is 0.117. The number of carbonyl (C=O) groups is 2. The van der Waals surface area contributed by atoms with Gasteiger partial charge < -0.3 is 53.6 Å². The van der Waals surface area contributed by atoms with Crippen LogP contribution in [0.1, 0.15) is 33.6 Å². The number of piperazine rings is 2. The van der Waals surface area contributed by atoms with Crippen molar-refractivity contribution in [3.63, 3.8) is 0 Å². The summed E-state index contributed by atoms with van der Waals surface area (Å²) in [5.41, 5.74) is 5.90. The van der Waals surface area contributed by atoms with E-state index >= 15 is 0 Å².